The molecule has 2 fully saturated rings. The summed E-state index contributed by atoms with van der Waals surface area (Å²) in [6.07, 6.45) is 5.49. The first-order valence-electron chi connectivity index (χ1n) is 8.26. The summed E-state index contributed by atoms with van der Waals surface area (Å²) in [5.41, 5.74) is 1.85. The molecule has 0 saturated heterocycles. The number of nitrogens with one attached hydrogen (secondary N) is 1. The van der Waals surface area contributed by atoms with Gasteiger partial charge in [-0.15, -0.1) is 0 Å². The van der Waals surface area contributed by atoms with Crippen LogP contribution in [0, 0.1) is 31.6 Å². The molecule has 0 aliphatic heterocycles. The quantitative estimate of drug-likeness (QED) is 0.872. The molecule has 0 unspecified atom stereocenters. The van der Waals surface area contributed by atoms with E-state index in [0.717, 1.165) is 29.4 Å². The lowest BCUT2D eigenvalue weighted by molar-refractivity contribution is 0.359. The van der Waals surface area contributed by atoms with Gasteiger partial charge in [0.1, 0.15) is 5.76 Å². The number of rotatable bonds is 6. The molecule has 124 valence electrons. The molecule has 6 heteroatoms. The van der Waals surface area contributed by atoms with E-state index >= 15 is 0 Å². The molecule has 22 heavy (non-hydrogen) atoms. The third-order valence-electron chi connectivity index (χ3n) is 5.39. The van der Waals surface area contributed by atoms with Crippen molar-refractivity contribution in [3.63, 3.8) is 0 Å². The van der Waals surface area contributed by atoms with Crippen molar-refractivity contribution in [2.24, 2.45) is 17.8 Å². The van der Waals surface area contributed by atoms with Crippen molar-refractivity contribution < 1.29 is 12.9 Å². The molecule has 2 bridgehead atoms. The highest BCUT2D eigenvalue weighted by molar-refractivity contribution is 7.89. The van der Waals surface area contributed by atoms with E-state index in [1.807, 2.05) is 20.8 Å². The zero-order chi connectivity index (χ0) is 15.9. The van der Waals surface area contributed by atoms with Gasteiger partial charge in [0.15, 0.2) is 0 Å². The number of aryl methyl sites for hydroxylation is 2. The van der Waals surface area contributed by atoms with E-state index in [0.29, 0.717) is 24.0 Å². The molecule has 3 rings (SSSR count). The molecule has 0 radical (unpaired) electrons. The van der Waals surface area contributed by atoms with Crippen molar-refractivity contribution in [2.45, 2.75) is 58.9 Å². The van der Waals surface area contributed by atoms with Crippen molar-refractivity contribution in [1.82, 2.24) is 9.88 Å². The lowest BCUT2D eigenvalue weighted by Crippen LogP contribution is -2.38. The number of nitrogens with zero attached hydrogens (tertiary/aromatic N) is 1. The molecular formula is C16H26N2O3S. The maximum atomic E-state index is 12.4. The zero-order valence-corrected chi connectivity index (χ0v) is 14.4. The van der Waals surface area contributed by atoms with Crippen molar-refractivity contribution in [3.8, 4) is 0 Å². The Balaban J connectivity index is 1.57. The van der Waals surface area contributed by atoms with E-state index in [1.165, 1.54) is 19.3 Å². The van der Waals surface area contributed by atoms with Crippen LogP contribution in [0.25, 0.3) is 0 Å². The average Bonchev–Trinajstić information content (AvgIpc) is 3.09. The van der Waals surface area contributed by atoms with Gasteiger partial charge in [0.2, 0.25) is 10.0 Å². The summed E-state index contributed by atoms with van der Waals surface area (Å²) in [6, 6.07) is -0.139. The minimum atomic E-state index is -3.22. The van der Waals surface area contributed by atoms with Gasteiger partial charge in [-0.2, -0.15) is 0 Å². The number of fused-ring (bicyclic) bond motifs is 2. The number of hydrogen-bond donors (Lipinski definition) is 1. The molecule has 4 atom stereocenters. The predicted molar refractivity (Wildman–Crippen MR) is 85.0 cm³/mol. The summed E-state index contributed by atoms with van der Waals surface area (Å²) in [7, 11) is -3.22. The van der Waals surface area contributed by atoms with Gasteiger partial charge in [0.05, 0.1) is 11.4 Å². The second-order valence-corrected chi connectivity index (χ2v) is 9.04. The molecule has 1 N–H and O–H groups in total. The Bertz CT molecular complexity index is 618. The monoisotopic (exact) mass is 326 g/mol. The second-order valence-electron chi connectivity index (χ2n) is 7.24. The number of sulfonamides is 1. The summed E-state index contributed by atoms with van der Waals surface area (Å²) in [5.74, 6) is 2.85. The predicted octanol–water partition coefficient (Wildman–Crippen LogP) is 2.58. The van der Waals surface area contributed by atoms with Gasteiger partial charge in [0, 0.05) is 11.6 Å². The van der Waals surface area contributed by atoms with E-state index in [9.17, 15) is 8.42 Å². The van der Waals surface area contributed by atoms with Crippen LogP contribution in [-0.2, 0) is 16.4 Å². The van der Waals surface area contributed by atoms with Gasteiger partial charge in [-0.05, 0) is 64.2 Å². The normalized spacial score (nSPS) is 29.1. The first-order chi connectivity index (χ1) is 10.3. The Morgan fingerprint density at radius 1 is 1.32 bits per heavy atom. The highest BCUT2D eigenvalue weighted by atomic mass is 32.2. The molecule has 2 saturated carbocycles. The molecule has 0 aromatic carbocycles. The van der Waals surface area contributed by atoms with Crippen LogP contribution in [0.5, 0.6) is 0 Å². The van der Waals surface area contributed by atoms with E-state index in [-0.39, 0.29) is 6.04 Å². The van der Waals surface area contributed by atoms with Gasteiger partial charge in [-0.25, -0.2) is 13.1 Å². The van der Waals surface area contributed by atoms with Crippen molar-refractivity contribution in [3.05, 3.63) is 17.0 Å². The van der Waals surface area contributed by atoms with E-state index in [4.69, 9.17) is 4.52 Å². The summed E-state index contributed by atoms with van der Waals surface area (Å²) in [4.78, 5) is 0. The Labute approximate surface area is 132 Å². The highest BCUT2D eigenvalue weighted by Gasteiger charge is 2.41. The molecule has 1 aromatic rings. The summed E-state index contributed by atoms with van der Waals surface area (Å²) in [5, 5.41) is 3.92. The maximum absolute atomic E-state index is 12.4. The lowest BCUT2D eigenvalue weighted by atomic mass is 9.90. The maximum Gasteiger partial charge on any atom is 0.212 e. The lowest BCUT2D eigenvalue weighted by Gasteiger charge is -2.22. The molecular weight excluding hydrogens is 300 g/mol. The molecule has 1 heterocycles. The van der Waals surface area contributed by atoms with Gasteiger partial charge < -0.3 is 4.52 Å². The molecule has 0 amide bonds. The smallest absolute Gasteiger partial charge is 0.212 e. The largest absolute Gasteiger partial charge is 0.361 e. The molecule has 2 aliphatic rings. The first-order valence-corrected chi connectivity index (χ1v) is 9.91. The Hall–Kier alpha value is -0.880. The van der Waals surface area contributed by atoms with Gasteiger partial charge >= 0.3 is 0 Å². The van der Waals surface area contributed by atoms with Crippen LogP contribution in [0.2, 0.25) is 0 Å². The van der Waals surface area contributed by atoms with Crippen LogP contribution in [0.1, 0.15) is 49.6 Å². The summed E-state index contributed by atoms with van der Waals surface area (Å²) >= 11 is 0. The minimum absolute atomic E-state index is 0.139. The third kappa shape index (κ3) is 3.38. The fourth-order valence-electron chi connectivity index (χ4n) is 4.36. The Morgan fingerprint density at radius 2 is 2.09 bits per heavy atom. The molecule has 0 spiro atoms. The average molecular weight is 326 g/mol. The van der Waals surface area contributed by atoms with Crippen LogP contribution in [0.15, 0.2) is 4.52 Å². The van der Waals surface area contributed by atoms with Crippen LogP contribution >= 0.6 is 0 Å². The van der Waals surface area contributed by atoms with E-state index in [1.54, 1.807) is 0 Å². The van der Waals surface area contributed by atoms with Gasteiger partial charge in [-0.3, -0.25) is 0 Å². The van der Waals surface area contributed by atoms with Crippen LogP contribution in [0.3, 0.4) is 0 Å². The number of aromatic nitrogens is 1. The summed E-state index contributed by atoms with van der Waals surface area (Å²) in [6.45, 7) is 5.67. The first kappa shape index (κ1) is 16.0. The zero-order valence-electron chi connectivity index (χ0n) is 13.6. The molecule has 1 aromatic heterocycles. The van der Waals surface area contributed by atoms with Crippen LogP contribution in [0.4, 0.5) is 0 Å². The van der Waals surface area contributed by atoms with E-state index < -0.39 is 10.0 Å². The van der Waals surface area contributed by atoms with Gasteiger partial charge in [0.25, 0.3) is 0 Å². The standard InChI is InChI=1S/C16H26N2O3S/c1-10(6-16-11(2)17-21-12(16)3)18-22(19,20)9-15-8-13-4-5-14(15)7-13/h10,13-15,18H,4-9H2,1-3H3/t10-,13+,14+,15+/m1/s1. The van der Waals surface area contributed by atoms with Crippen molar-refractivity contribution >= 4 is 10.0 Å². The van der Waals surface area contributed by atoms with Crippen molar-refractivity contribution in [2.75, 3.05) is 5.75 Å². The van der Waals surface area contributed by atoms with Crippen LogP contribution in [-0.4, -0.2) is 25.4 Å². The molecule has 5 nitrogen and oxygen atoms in total. The number of hydrogen-bond acceptors (Lipinski definition) is 4. The fourth-order valence-corrected chi connectivity index (χ4v) is 6.12. The highest BCUT2D eigenvalue weighted by Crippen LogP contribution is 2.48. The fraction of sp³-hybridized carbons (Fsp3) is 0.812. The van der Waals surface area contributed by atoms with Crippen molar-refractivity contribution in [1.29, 1.82) is 0 Å². The topological polar surface area (TPSA) is 72.2 Å². The van der Waals surface area contributed by atoms with Gasteiger partial charge in [-0.1, -0.05) is 11.6 Å². The Morgan fingerprint density at radius 3 is 2.64 bits per heavy atom. The SMILES string of the molecule is Cc1noc(C)c1C[C@@H](C)NS(=O)(=O)C[C@@H]1C[C@H]2CC[C@H]1C2. The minimum Gasteiger partial charge on any atom is -0.361 e. The molecule has 2 aliphatic carbocycles. The van der Waals surface area contributed by atoms with E-state index in [2.05, 4.69) is 9.88 Å². The second kappa shape index (κ2) is 5.96. The third-order valence-corrected chi connectivity index (χ3v) is 7.02. The van der Waals surface area contributed by atoms with Crippen LogP contribution < -0.4 is 4.72 Å². The Kier molecular flexibility index (Phi) is 4.34. The summed E-state index contributed by atoms with van der Waals surface area (Å²) < 4.78 is 32.8.